The highest BCUT2D eigenvalue weighted by Crippen LogP contribution is 2.38. The topological polar surface area (TPSA) is 47.3 Å². The summed E-state index contributed by atoms with van der Waals surface area (Å²) in [6, 6.07) is 2.36. The monoisotopic (exact) mass is 294 g/mol. The predicted molar refractivity (Wildman–Crippen MR) is 84.3 cm³/mol. The van der Waals surface area contributed by atoms with E-state index in [0.29, 0.717) is 19.1 Å². The number of aliphatic hydroxyl groups is 1. The van der Waals surface area contributed by atoms with Gasteiger partial charge in [-0.05, 0) is 58.4 Å². The van der Waals surface area contributed by atoms with Crippen LogP contribution in [0.2, 0.25) is 0 Å². The second kappa shape index (κ2) is 6.93. The van der Waals surface area contributed by atoms with Crippen LogP contribution in [0.1, 0.15) is 65.1 Å². The van der Waals surface area contributed by atoms with Gasteiger partial charge in [-0.3, -0.25) is 4.68 Å². The summed E-state index contributed by atoms with van der Waals surface area (Å²) < 4.78 is 7.97. The average Bonchev–Trinajstić information content (AvgIpc) is 2.90. The van der Waals surface area contributed by atoms with Gasteiger partial charge in [-0.15, -0.1) is 0 Å². The first-order chi connectivity index (χ1) is 9.97. The lowest BCUT2D eigenvalue weighted by Crippen LogP contribution is -2.48. The molecule has 1 aliphatic rings. The molecular formula is C17H30N2O2. The van der Waals surface area contributed by atoms with Gasteiger partial charge in [-0.1, -0.05) is 6.92 Å². The van der Waals surface area contributed by atoms with Crippen LogP contribution in [-0.2, 0) is 11.2 Å². The number of nitrogens with zero attached hydrogens (tertiary/aromatic N) is 2. The first-order valence-corrected chi connectivity index (χ1v) is 8.33. The third-order valence-corrected chi connectivity index (χ3v) is 4.75. The number of rotatable bonds is 6. The summed E-state index contributed by atoms with van der Waals surface area (Å²) in [4.78, 5) is 0. The van der Waals surface area contributed by atoms with E-state index in [2.05, 4.69) is 25.9 Å². The highest BCUT2D eigenvalue weighted by atomic mass is 16.5. The van der Waals surface area contributed by atoms with Crippen LogP contribution in [0, 0.1) is 5.92 Å². The quantitative estimate of drug-likeness (QED) is 0.875. The van der Waals surface area contributed by atoms with Crippen molar-refractivity contribution < 1.29 is 9.84 Å². The van der Waals surface area contributed by atoms with Crippen molar-refractivity contribution in [2.24, 2.45) is 5.92 Å². The zero-order valence-electron chi connectivity index (χ0n) is 13.9. The molecule has 1 aromatic rings. The van der Waals surface area contributed by atoms with Crippen LogP contribution < -0.4 is 0 Å². The zero-order chi connectivity index (χ0) is 15.5. The lowest BCUT2D eigenvalue weighted by molar-refractivity contribution is -0.143. The van der Waals surface area contributed by atoms with E-state index >= 15 is 0 Å². The fourth-order valence-electron chi connectivity index (χ4n) is 3.27. The van der Waals surface area contributed by atoms with Gasteiger partial charge in [-0.2, -0.15) is 5.10 Å². The van der Waals surface area contributed by atoms with Crippen LogP contribution in [0.5, 0.6) is 0 Å². The first-order valence-electron chi connectivity index (χ1n) is 8.33. The highest BCUT2D eigenvalue weighted by Gasteiger charge is 2.41. The minimum absolute atomic E-state index is 0.354. The van der Waals surface area contributed by atoms with Crippen molar-refractivity contribution in [1.82, 2.24) is 9.78 Å². The number of aromatic nitrogens is 2. The van der Waals surface area contributed by atoms with E-state index < -0.39 is 6.10 Å². The Bertz CT molecular complexity index is 434. The molecule has 0 bridgehead atoms. The van der Waals surface area contributed by atoms with Gasteiger partial charge in [0.2, 0.25) is 0 Å². The fourth-order valence-corrected chi connectivity index (χ4v) is 3.27. The Hall–Kier alpha value is -0.870. The normalized spacial score (nSPS) is 28.0. The first kappa shape index (κ1) is 16.5. The van der Waals surface area contributed by atoms with Crippen LogP contribution >= 0.6 is 0 Å². The number of ether oxygens (including phenoxy) is 1. The third-order valence-electron chi connectivity index (χ3n) is 4.75. The summed E-state index contributed by atoms with van der Waals surface area (Å²) in [7, 11) is 0. The Morgan fingerprint density at radius 1 is 1.43 bits per heavy atom. The molecule has 1 unspecified atom stereocenters. The van der Waals surface area contributed by atoms with Crippen LogP contribution in [0.25, 0.3) is 0 Å². The predicted octanol–water partition coefficient (Wildman–Crippen LogP) is 3.35. The smallest absolute Gasteiger partial charge is 0.0944 e. The molecule has 1 N–H and O–H groups in total. The van der Waals surface area contributed by atoms with Crippen LogP contribution in [0.15, 0.2) is 12.3 Å². The fraction of sp³-hybridized carbons (Fsp3) is 0.824. The Labute approximate surface area is 128 Å². The van der Waals surface area contributed by atoms with Crippen molar-refractivity contribution in [1.29, 1.82) is 0 Å². The third kappa shape index (κ3) is 3.86. The summed E-state index contributed by atoms with van der Waals surface area (Å²) in [5.74, 6) is 0.742. The van der Waals surface area contributed by atoms with Crippen molar-refractivity contribution in [2.45, 2.75) is 77.5 Å². The van der Waals surface area contributed by atoms with Crippen molar-refractivity contribution in [3.8, 4) is 0 Å². The molecule has 21 heavy (non-hydrogen) atoms. The zero-order valence-corrected chi connectivity index (χ0v) is 13.9. The summed E-state index contributed by atoms with van der Waals surface area (Å²) in [5.41, 5.74) is 0.581. The molecule has 4 nitrogen and oxygen atoms in total. The van der Waals surface area contributed by atoms with E-state index in [-0.39, 0.29) is 5.60 Å². The molecule has 0 spiro atoms. The second-order valence-electron chi connectivity index (χ2n) is 6.78. The summed E-state index contributed by atoms with van der Waals surface area (Å²) in [5, 5.41) is 15.3. The summed E-state index contributed by atoms with van der Waals surface area (Å²) in [6.07, 6.45) is 6.27. The van der Waals surface area contributed by atoms with Crippen molar-refractivity contribution >= 4 is 0 Å². The second-order valence-corrected chi connectivity index (χ2v) is 6.78. The van der Waals surface area contributed by atoms with E-state index in [1.54, 1.807) is 0 Å². The van der Waals surface area contributed by atoms with Gasteiger partial charge in [0.1, 0.15) is 0 Å². The maximum absolute atomic E-state index is 10.8. The number of hydrogen-bond acceptors (Lipinski definition) is 3. The lowest BCUT2D eigenvalue weighted by atomic mass is 9.75. The minimum Gasteiger partial charge on any atom is -0.390 e. The maximum Gasteiger partial charge on any atom is 0.0944 e. The van der Waals surface area contributed by atoms with Crippen molar-refractivity contribution in [2.75, 3.05) is 6.61 Å². The Balaban J connectivity index is 2.05. The van der Waals surface area contributed by atoms with Gasteiger partial charge in [0, 0.05) is 25.3 Å². The summed E-state index contributed by atoms with van der Waals surface area (Å²) in [6.45, 7) is 9.17. The number of hydrogen-bond donors (Lipinski definition) is 1. The molecule has 1 saturated carbocycles. The molecule has 1 fully saturated rings. The molecule has 1 aromatic heterocycles. The highest BCUT2D eigenvalue weighted by molar-refractivity contribution is 5.05. The van der Waals surface area contributed by atoms with Crippen LogP contribution in [0.3, 0.4) is 0 Å². The average molecular weight is 294 g/mol. The molecule has 0 radical (unpaired) electrons. The molecule has 1 heterocycles. The Morgan fingerprint density at radius 3 is 2.62 bits per heavy atom. The van der Waals surface area contributed by atoms with Crippen LogP contribution in [-0.4, -0.2) is 33.2 Å². The minimum atomic E-state index is -0.472. The molecule has 1 atom stereocenters. The SMILES string of the molecule is CCOC1(C(O)Cc2ccn(C(C)C)n2)CCC(C)CC1. The van der Waals surface area contributed by atoms with Crippen LogP contribution in [0.4, 0.5) is 0 Å². The molecule has 0 aliphatic heterocycles. The van der Waals surface area contributed by atoms with Gasteiger partial charge < -0.3 is 9.84 Å². The Kier molecular flexibility index (Phi) is 5.44. The maximum atomic E-state index is 10.8. The summed E-state index contributed by atoms with van der Waals surface area (Å²) >= 11 is 0. The van der Waals surface area contributed by atoms with Gasteiger partial charge in [0.25, 0.3) is 0 Å². The largest absolute Gasteiger partial charge is 0.390 e. The molecule has 2 rings (SSSR count). The van der Waals surface area contributed by atoms with E-state index in [0.717, 1.165) is 37.3 Å². The Morgan fingerprint density at radius 2 is 2.10 bits per heavy atom. The van der Waals surface area contributed by atoms with E-state index in [9.17, 15) is 5.11 Å². The van der Waals surface area contributed by atoms with E-state index in [1.807, 2.05) is 23.9 Å². The van der Waals surface area contributed by atoms with Crippen molar-refractivity contribution in [3.05, 3.63) is 18.0 Å². The van der Waals surface area contributed by atoms with Gasteiger partial charge in [0.15, 0.2) is 0 Å². The molecule has 0 aromatic carbocycles. The standard InChI is InChI=1S/C17H30N2O2/c1-5-21-17(9-6-14(4)7-10-17)16(20)12-15-8-11-19(18-15)13(2)3/h8,11,13-14,16,20H,5-7,9-10,12H2,1-4H3. The molecule has 1 aliphatic carbocycles. The van der Waals surface area contributed by atoms with E-state index in [1.165, 1.54) is 0 Å². The van der Waals surface area contributed by atoms with Gasteiger partial charge in [0.05, 0.1) is 17.4 Å². The van der Waals surface area contributed by atoms with Gasteiger partial charge in [-0.25, -0.2) is 0 Å². The number of aliphatic hydroxyl groups excluding tert-OH is 1. The molecule has 0 amide bonds. The molecule has 4 heteroatoms. The molecule has 0 saturated heterocycles. The van der Waals surface area contributed by atoms with Gasteiger partial charge >= 0.3 is 0 Å². The van der Waals surface area contributed by atoms with Crippen molar-refractivity contribution in [3.63, 3.8) is 0 Å². The molecule has 120 valence electrons. The van der Waals surface area contributed by atoms with E-state index in [4.69, 9.17) is 4.74 Å². The lowest BCUT2D eigenvalue weighted by Gasteiger charge is -2.42. The molecular weight excluding hydrogens is 264 g/mol.